The van der Waals surface area contributed by atoms with E-state index in [2.05, 4.69) is 37.3 Å². The lowest BCUT2D eigenvalue weighted by molar-refractivity contribution is 0.467. The summed E-state index contributed by atoms with van der Waals surface area (Å²) in [4.78, 5) is 0. The molecule has 0 aliphatic rings. The van der Waals surface area contributed by atoms with E-state index in [1.165, 1.54) is 0 Å². The van der Waals surface area contributed by atoms with Gasteiger partial charge in [-0.2, -0.15) is 0 Å². The highest BCUT2D eigenvalue weighted by Gasteiger charge is 2.32. The summed E-state index contributed by atoms with van der Waals surface area (Å²) >= 11 is 0. The number of aromatic hydroxyl groups is 4. The third kappa shape index (κ3) is 4.74. The van der Waals surface area contributed by atoms with Crippen molar-refractivity contribution in [2.24, 2.45) is 0 Å². The molecule has 202 valence electrons. The van der Waals surface area contributed by atoms with Crippen molar-refractivity contribution in [3.63, 3.8) is 0 Å². The summed E-state index contributed by atoms with van der Waals surface area (Å²) in [5.41, 5.74) is 4.52. The minimum absolute atomic E-state index is 0.0726. The van der Waals surface area contributed by atoms with Crippen molar-refractivity contribution >= 4 is 10.8 Å². The molecule has 0 aliphatic carbocycles. The monoisotopic (exact) mass is 538 g/mol. The summed E-state index contributed by atoms with van der Waals surface area (Å²) in [5.74, 6) is 0.316. The summed E-state index contributed by atoms with van der Waals surface area (Å²) in [6, 6.07) is 39.6. The van der Waals surface area contributed by atoms with Gasteiger partial charge in [0, 0.05) is 27.7 Å². The quantitative estimate of drug-likeness (QED) is 0.171. The van der Waals surface area contributed by atoms with Crippen molar-refractivity contribution in [1.82, 2.24) is 0 Å². The molecule has 0 spiro atoms. The molecule has 0 saturated heterocycles. The molecule has 0 fully saturated rings. The maximum absolute atomic E-state index is 10.9. The molecule has 0 saturated carbocycles. The predicted molar refractivity (Wildman–Crippen MR) is 165 cm³/mol. The summed E-state index contributed by atoms with van der Waals surface area (Å²) < 4.78 is 0. The Morgan fingerprint density at radius 1 is 0.463 bits per heavy atom. The van der Waals surface area contributed by atoms with Crippen LogP contribution in [0, 0.1) is 0 Å². The van der Waals surface area contributed by atoms with Gasteiger partial charge in [-0.1, -0.05) is 97.9 Å². The Morgan fingerprint density at radius 2 is 0.927 bits per heavy atom. The van der Waals surface area contributed by atoms with Crippen LogP contribution in [0.5, 0.6) is 23.0 Å². The van der Waals surface area contributed by atoms with Crippen LogP contribution in [0.3, 0.4) is 0 Å². The van der Waals surface area contributed by atoms with Gasteiger partial charge in [0.2, 0.25) is 0 Å². The van der Waals surface area contributed by atoms with Crippen LogP contribution in [0.25, 0.3) is 33.0 Å². The van der Waals surface area contributed by atoms with Crippen molar-refractivity contribution in [1.29, 1.82) is 0 Å². The van der Waals surface area contributed by atoms with Crippen LogP contribution in [-0.2, 0) is 11.8 Å². The summed E-state index contributed by atoms with van der Waals surface area (Å²) in [5, 5.41) is 45.3. The fraction of sp³-hybridized carbons (Fsp3) is 0.0811. The second kappa shape index (κ2) is 10.4. The first kappa shape index (κ1) is 26.0. The van der Waals surface area contributed by atoms with Gasteiger partial charge in [-0.25, -0.2) is 0 Å². The van der Waals surface area contributed by atoms with Crippen LogP contribution in [0.4, 0.5) is 0 Å². The molecule has 0 amide bonds. The van der Waals surface area contributed by atoms with Gasteiger partial charge in [0.1, 0.15) is 23.0 Å². The Kier molecular flexibility index (Phi) is 6.60. The van der Waals surface area contributed by atoms with Crippen molar-refractivity contribution in [2.75, 3.05) is 0 Å². The van der Waals surface area contributed by atoms with Crippen LogP contribution < -0.4 is 0 Å². The maximum Gasteiger partial charge on any atom is 0.123 e. The lowest BCUT2D eigenvalue weighted by Crippen LogP contribution is -2.27. The van der Waals surface area contributed by atoms with E-state index < -0.39 is 5.41 Å². The van der Waals surface area contributed by atoms with Crippen molar-refractivity contribution < 1.29 is 20.4 Å². The number of rotatable bonds is 6. The minimum Gasteiger partial charge on any atom is -0.507 e. The molecule has 0 aliphatic heterocycles. The molecule has 0 atom stereocenters. The molecule has 0 heterocycles. The number of phenols is 4. The van der Waals surface area contributed by atoms with Crippen LogP contribution in [0.1, 0.15) is 23.6 Å². The van der Waals surface area contributed by atoms with E-state index in [4.69, 9.17) is 0 Å². The molecule has 6 rings (SSSR count). The highest BCUT2D eigenvalue weighted by Crippen LogP contribution is 2.45. The molecule has 41 heavy (non-hydrogen) atoms. The van der Waals surface area contributed by atoms with Crippen LogP contribution in [0.2, 0.25) is 0 Å². The summed E-state index contributed by atoms with van der Waals surface area (Å²) in [6.45, 7) is 2.15. The first-order chi connectivity index (χ1) is 19.8. The first-order valence-electron chi connectivity index (χ1n) is 13.6. The highest BCUT2D eigenvalue weighted by atomic mass is 16.3. The fourth-order valence-corrected chi connectivity index (χ4v) is 5.79. The molecule has 0 unspecified atom stereocenters. The van der Waals surface area contributed by atoms with Gasteiger partial charge in [-0.3, -0.25) is 0 Å². The summed E-state index contributed by atoms with van der Waals surface area (Å²) in [6.07, 6.45) is 0.615. The number of hydrogen-bond acceptors (Lipinski definition) is 4. The topological polar surface area (TPSA) is 80.9 Å². The largest absolute Gasteiger partial charge is 0.507 e. The van der Waals surface area contributed by atoms with Crippen molar-refractivity contribution in [3.05, 3.63) is 144 Å². The van der Waals surface area contributed by atoms with Gasteiger partial charge in [0.05, 0.1) is 0 Å². The van der Waals surface area contributed by atoms with E-state index in [9.17, 15) is 20.4 Å². The molecule has 4 nitrogen and oxygen atoms in total. The fourth-order valence-electron chi connectivity index (χ4n) is 5.79. The zero-order valence-electron chi connectivity index (χ0n) is 22.6. The van der Waals surface area contributed by atoms with Gasteiger partial charge >= 0.3 is 0 Å². The van der Waals surface area contributed by atoms with E-state index >= 15 is 0 Å². The van der Waals surface area contributed by atoms with Crippen molar-refractivity contribution in [2.45, 2.75) is 18.8 Å². The van der Waals surface area contributed by atoms with E-state index in [0.717, 1.165) is 27.5 Å². The predicted octanol–water partition coefficient (Wildman–Crippen LogP) is 8.54. The van der Waals surface area contributed by atoms with Gasteiger partial charge in [0.15, 0.2) is 0 Å². The lowest BCUT2D eigenvalue weighted by Gasteiger charge is -2.33. The molecule has 0 aromatic heterocycles. The van der Waals surface area contributed by atoms with Crippen LogP contribution >= 0.6 is 0 Å². The van der Waals surface area contributed by atoms with Crippen LogP contribution in [0.15, 0.2) is 127 Å². The van der Waals surface area contributed by atoms with E-state index in [0.29, 0.717) is 28.7 Å². The molecule has 6 aromatic carbocycles. The van der Waals surface area contributed by atoms with Gasteiger partial charge < -0.3 is 20.4 Å². The third-order valence-electron chi connectivity index (χ3n) is 8.08. The van der Waals surface area contributed by atoms with E-state index in [-0.39, 0.29) is 23.0 Å². The normalized spacial score (nSPS) is 11.5. The number of hydrogen-bond donors (Lipinski definition) is 4. The molecule has 6 aromatic rings. The average Bonchev–Trinajstić information content (AvgIpc) is 2.98. The van der Waals surface area contributed by atoms with Gasteiger partial charge in [-0.05, 0) is 70.3 Å². The Bertz CT molecular complexity index is 1790. The van der Waals surface area contributed by atoms with Crippen molar-refractivity contribution in [3.8, 4) is 45.3 Å². The molecular weight excluding hydrogens is 508 g/mol. The lowest BCUT2D eigenvalue weighted by atomic mass is 9.70. The molecular formula is C37H30O4. The third-order valence-corrected chi connectivity index (χ3v) is 8.08. The SMILES string of the molecule is CC(Cc1cccc2ccccc12)(c1ccc(O)c(-c2ccccc2O)c1)c1ccc(O)c(-c2ccccc2O)c1. The molecule has 4 N–H and O–H groups in total. The average molecular weight is 539 g/mol. The molecule has 4 heteroatoms. The summed E-state index contributed by atoms with van der Waals surface area (Å²) in [7, 11) is 0. The van der Waals surface area contributed by atoms with Gasteiger partial charge in [-0.15, -0.1) is 0 Å². The van der Waals surface area contributed by atoms with Gasteiger partial charge in [0.25, 0.3) is 0 Å². The Morgan fingerprint density at radius 3 is 1.49 bits per heavy atom. The Hall–Kier alpha value is -5.22. The maximum atomic E-state index is 10.9. The van der Waals surface area contributed by atoms with Crippen LogP contribution in [-0.4, -0.2) is 20.4 Å². The second-order valence-electron chi connectivity index (χ2n) is 10.6. The first-order valence-corrected chi connectivity index (χ1v) is 13.6. The number of phenolic OH excluding ortho intramolecular Hbond substituents is 4. The zero-order chi connectivity index (χ0) is 28.6. The highest BCUT2D eigenvalue weighted by molar-refractivity contribution is 5.86. The minimum atomic E-state index is -0.635. The van der Waals surface area contributed by atoms with E-state index in [1.807, 2.05) is 48.5 Å². The second-order valence-corrected chi connectivity index (χ2v) is 10.6. The number of para-hydroxylation sites is 2. The van der Waals surface area contributed by atoms with E-state index in [1.54, 1.807) is 48.5 Å². The Labute approximate surface area is 239 Å². The smallest absolute Gasteiger partial charge is 0.123 e. The molecule has 0 bridgehead atoms. The Balaban J connectivity index is 1.59. The standard InChI is InChI=1S/C37H30O4/c1-37(23-25-11-8-10-24-9-2-3-12-28(24)25,26-17-19-35(40)31(21-26)29-13-4-6-15-33(29)38)27-18-20-36(41)32(22-27)30-14-5-7-16-34(30)39/h2-22,38-41H,23H2,1H3. The number of fused-ring (bicyclic) bond motifs is 1. The molecule has 0 radical (unpaired) electrons. The number of benzene rings is 6. The zero-order valence-corrected chi connectivity index (χ0v) is 22.6.